The minimum Gasteiger partial charge on any atom is -0.247 e. The zero-order chi connectivity index (χ0) is 13.0. The number of piperidine rings is 1. The Morgan fingerprint density at radius 3 is 2.33 bits per heavy atom. The lowest BCUT2D eigenvalue weighted by Crippen LogP contribution is -2.53. The third-order valence-electron chi connectivity index (χ3n) is 4.11. The molecule has 1 N–H and O–H groups in total. The molecule has 0 spiro atoms. The van der Waals surface area contributed by atoms with Gasteiger partial charge >= 0.3 is 0 Å². The van der Waals surface area contributed by atoms with Crippen molar-refractivity contribution in [3.05, 3.63) is 35.9 Å². The number of benzene rings is 1. The van der Waals surface area contributed by atoms with Crippen molar-refractivity contribution in [1.29, 1.82) is 0 Å². The van der Waals surface area contributed by atoms with E-state index in [-0.39, 0.29) is 0 Å². The Morgan fingerprint density at radius 1 is 1.17 bits per heavy atom. The summed E-state index contributed by atoms with van der Waals surface area (Å²) in [5.74, 6) is 0. The Morgan fingerprint density at radius 2 is 1.78 bits per heavy atom. The van der Waals surface area contributed by atoms with Gasteiger partial charge in [0.1, 0.15) is 0 Å². The van der Waals surface area contributed by atoms with Crippen LogP contribution in [0.4, 0.5) is 0 Å². The van der Waals surface area contributed by atoms with E-state index in [2.05, 4.69) is 61.5 Å². The molecule has 2 nitrogen and oxygen atoms in total. The van der Waals surface area contributed by atoms with Crippen LogP contribution in [0.25, 0.3) is 0 Å². The average Bonchev–Trinajstić information content (AvgIpc) is 2.40. The van der Waals surface area contributed by atoms with E-state index >= 15 is 0 Å². The first-order chi connectivity index (χ1) is 8.72. The monoisotopic (exact) mass is 246 g/mol. The average molecular weight is 246 g/mol. The summed E-state index contributed by atoms with van der Waals surface area (Å²) in [6.45, 7) is 6.92. The van der Waals surface area contributed by atoms with Gasteiger partial charge in [-0.05, 0) is 38.7 Å². The molecular weight excluding hydrogens is 220 g/mol. The van der Waals surface area contributed by atoms with Gasteiger partial charge in [0.15, 0.2) is 0 Å². The SMILES string of the molecule is CCC(NN1C(C)CCCC1C)c1ccccc1. The van der Waals surface area contributed by atoms with Crippen molar-refractivity contribution in [2.75, 3.05) is 0 Å². The number of hydrogen-bond donors (Lipinski definition) is 1. The van der Waals surface area contributed by atoms with Gasteiger partial charge in [-0.1, -0.05) is 43.7 Å². The lowest BCUT2D eigenvalue weighted by atomic mass is 9.99. The summed E-state index contributed by atoms with van der Waals surface area (Å²) in [4.78, 5) is 0. The Balaban J connectivity index is 2.05. The quantitative estimate of drug-likeness (QED) is 0.866. The molecule has 1 heterocycles. The van der Waals surface area contributed by atoms with Crippen molar-refractivity contribution < 1.29 is 0 Å². The second-order valence-corrected chi connectivity index (χ2v) is 5.54. The molecule has 1 fully saturated rings. The minimum atomic E-state index is 0.439. The highest BCUT2D eigenvalue weighted by Gasteiger charge is 2.26. The molecule has 0 bridgehead atoms. The van der Waals surface area contributed by atoms with Crippen LogP contribution in [0.1, 0.15) is 58.1 Å². The molecule has 1 aliphatic heterocycles. The van der Waals surface area contributed by atoms with E-state index < -0.39 is 0 Å². The standard InChI is InChI=1S/C16H26N2/c1-4-16(15-11-6-5-7-12-15)17-18-13(2)9-8-10-14(18)3/h5-7,11-14,16-17H,4,8-10H2,1-3H3. The molecule has 0 aliphatic carbocycles. The van der Waals surface area contributed by atoms with Gasteiger partial charge in [-0.2, -0.15) is 0 Å². The van der Waals surface area contributed by atoms with Crippen LogP contribution >= 0.6 is 0 Å². The number of hydrazine groups is 1. The Hall–Kier alpha value is -0.860. The van der Waals surface area contributed by atoms with Gasteiger partial charge in [-0.25, -0.2) is 10.4 Å². The van der Waals surface area contributed by atoms with Crippen LogP contribution in [0, 0.1) is 0 Å². The van der Waals surface area contributed by atoms with Crippen LogP contribution in [-0.2, 0) is 0 Å². The highest BCUT2D eigenvalue weighted by molar-refractivity contribution is 5.18. The molecule has 1 aromatic carbocycles. The van der Waals surface area contributed by atoms with Crippen molar-refractivity contribution >= 4 is 0 Å². The summed E-state index contributed by atoms with van der Waals surface area (Å²) >= 11 is 0. The number of hydrogen-bond acceptors (Lipinski definition) is 2. The Labute approximate surface area is 111 Å². The number of nitrogens with zero attached hydrogens (tertiary/aromatic N) is 1. The summed E-state index contributed by atoms with van der Waals surface area (Å²) in [7, 11) is 0. The zero-order valence-corrected chi connectivity index (χ0v) is 11.9. The molecule has 18 heavy (non-hydrogen) atoms. The third kappa shape index (κ3) is 3.12. The van der Waals surface area contributed by atoms with Crippen molar-refractivity contribution in [1.82, 2.24) is 10.4 Å². The van der Waals surface area contributed by atoms with Crippen LogP contribution in [0.3, 0.4) is 0 Å². The van der Waals surface area contributed by atoms with Gasteiger partial charge in [-0.3, -0.25) is 0 Å². The summed E-state index contributed by atoms with van der Waals surface area (Å²) in [6.07, 6.45) is 5.10. The van der Waals surface area contributed by atoms with Crippen molar-refractivity contribution in [2.24, 2.45) is 0 Å². The van der Waals surface area contributed by atoms with Crippen LogP contribution < -0.4 is 5.43 Å². The van der Waals surface area contributed by atoms with Gasteiger partial charge in [0.25, 0.3) is 0 Å². The van der Waals surface area contributed by atoms with E-state index in [0.717, 1.165) is 6.42 Å². The van der Waals surface area contributed by atoms with E-state index in [9.17, 15) is 0 Å². The third-order valence-corrected chi connectivity index (χ3v) is 4.11. The molecule has 0 saturated carbocycles. The molecule has 0 radical (unpaired) electrons. The maximum Gasteiger partial charge on any atom is 0.0462 e. The van der Waals surface area contributed by atoms with E-state index in [0.29, 0.717) is 18.1 Å². The second kappa shape index (κ2) is 6.35. The lowest BCUT2D eigenvalue weighted by molar-refractivity contribution is 0.0284. The molecule has 1 saturated heterocycles. The molecule has 0 amide bonds. The Bertz CT molecular complexity index is 339. The molecule has 2 rings (SSSR count). The largest absolute Gasteiger partial charge is 0.247 e. The topological polar surface area (TPSA) is 15.3 Å². The second-order valence-electron chi connectivity index (χ2n) is 5.54. The summed E-state index contributed by atoms with van der Waals surface area (Å²) < 4.78 is 0. The number of rotatable bonds is 4. The fourth-order valence-electron chi connectivity index (χ4n) is 2.94. The first-order valence-corrected chi connectivity index (χ1v) is 7.31. The molecule has 1 aliphatic rings. The van der Waals surface area contributed by atoms with Crippen LogP contribution in [-0.4, -0.2) is 17.1 Å². The Kier molecular flexibility index (Phi) is 4.79. The first-order valence-electron chi connectivity index (χ1n) is 7.31. The minimum absolute atomic E-state index is 0.439. The number of nitrogens with one attached hydrogen (secondary N) is 1. The van der Waals surface area contributed by atoms with Crippen LogP contribution in [0.2, 0.25) is 0 Å². The summed E-state index contributed by atoms with van der Waals surface area (Å²) in [6, 6.07) is 12.5. The van der Waals surface area contributed by atoms with Gasteiger partial charge in [0.05, 0.1) is 0 Å². The predicted molar refractivity (Wildman–Crippen MR) is 77.2 cm³/mol. The van der Waals surface area contributed by atoms with Crippen molar-refractivity contribution in [2.45, 2.75) is 64.6 Å². The van der Waals surface area contributed by atoms with Crippen LogP contribution in [0.15, 0.2) is 30.3 Å². The summed E-state index contributed by atoms with van der Waals surface area (Å²) in [5, 5.41) is 2.48. The molecule has 100 valence electrons. The first kappa shape index (κ1) is 13.6. The van der Waals surface area contributed by atoms with Gasteiger partial charge < -0.3 is 0 Å². The van der Waals surface area contributed by atoms with Crippen molar-refractivity contribution in [3.63, 3.8) is 0 Å². The molecule has 3 atom stereocenters. The van der Waals surface area contributed by atoms with Crippen molar-refractivity contribution in [3.8, 4) is 0 Å². The van der Waals surface area contributed by atoms with Gasteiger partial charge in [-0.15, -0.1) is 0 Å². The van der Waals surface area contributed by atoms with Gasteiger partial charge in [0.2, 0.25) is 0 Å². The predicted octanol–water partition coefficient (Wildman–Crippen LogP) is 3.91. The molecule has 2 heteroatoms. The van der Waals surface area contributed by atoms with E-state index in [1.807, 2.05) is 0 Å². The fraction of sp³-hybridized carbons (Fsp3) is 0.625. The molecular formula is C16H26N2. The normalized spacial score (nSPS) is 27.1. The summed E-state index contributed by atoms with van der Waals surface area (Å²) in [5.41, 5.74) is 5.15. The van der Waals surface area contributed by atoms with E-state index in [1.54, 1.807) is 0 Å². The van der Waals surface area contributed by atoms with Gasteiger partial charge in [0, 0.05) is 18.1 Å². The highest BCUT2D eigenvalue weighted by atomic mass is 15.5. The zero-order valence-electron chi connectivity index (χ0n) is 11.9. The van der Waals surface area contributed by atoms with E-state index in [4.69, 9.17) is 0 Å². The maximum absolute atomic E-state index is 3.75. The molecule has 1 aromatic rings. The van der Waals surface area contributed by atoms with E-state index in [1.165, 1.54) is 24.8 Å². The smallest absolute Gasteiger partial charge is 0.0462 e. The highest BCUT2D eigenvalue weighted by Crippen LogP contribution is 2.24. The maximum atomic E-state index is 3.75. The fourth-order valence-corrected chi connectivity index (χ4v) is 2.94. The molecule has 0 aromatic heterocycles. The van der Waals surface area contributed by atoms with Crippen LogP contribution in [0.5, 0.6) is 0 Å². The molecule has 3 unspecified atom stereocenters. The lowest BCUT2D eigenvalue weighted by Gasteiger charge is -2.41.